The number of hydrogen-bond acceptors (Lipinski definition) is 5. The number of carbonyl (C=O) groups is 1. The summed E-state index contributed by atoms with van der Waals surface area (Å²) in [5.41, 5.74) is -0.492. The van der Waals surface area contributed by atoms with Crippen molar-refractivity contribution in [2.75, 3.05) is 32.9 Å². The van der Waals surface area contributed by atoms with Gasteiger partial charge in [0.15, 0.2) is 0 Å². The van der Waals surface area contributed by atoms with Gasteiger partial charge in [0.1, 0.15) is 5.60 Å². The number of hydrogen-bond donors (Lipinski definition) is 0. The summed E-state index contributed by atoms with van der Waals surface area (Å²) in [5, 5.41) is 8.40. The topological polar surface area (TPSA) is 71.8 Å². The van der Waals surface area contributed by atoms with Crippen molar-refractivity contribution in [3.63, 3.8) is 0 Å². The SMILES string of the molecule is CC(C)(C)OC(=O)N1CCO[C@H](COCCC#N)C1. The Morgan fingerprint density at radius 3 is 2.89 bits per heavy atom. The molecule has 1 amide bonds. The minimum atomic E-state index is -0.492. The third kappa shape index (κ3) is 6.41. The highest BCUT2D eigenvalue weighted by Crippen LogP contribution is 2.13. The Morgan fingerprint density at radius 2 is 2.26 bits per heavy atom. The normalized spacial score (nSPS) is 19.9. The van der Waals surface area contributed by atoms with Crippen LogP contribution >= 0.6 is 0 Å². The van der Waals surface area contributed by atoms with Crippen LogP contribution in [0, 0.1) is 11.3 Å². The average Bonchev–Trinajstić information content (AvgIpc) is 2.33. The third-order valence-electron chi connectivity index (χ3n) is 2.45. The first-order valence-corrected chi connectivity index (χ1v) is 6.46. The summed E-state index contributed by atoms with van der Waals surface area (Å²) in [6.45, 7) is 7.77. The van der Waals surface area contributed by atoms with Crippen LogP contribution in [0.3, 0.4) is 0 Å². The number of carbonyl (C=O) groups excluding carboxylic acids is 1. The maximum Gasteiger partial charge on any atom is 0.410 e. The van der Waals surface area contributed by atoms with E-state index in [4.69, 9.17) is 19.5 Å². The fraction of sp³-hybridized carbons (Fsp3) is 0.846. The molecule has 0 aromatic heterocycles. The number of rotatable bonds is 4. The van der Waals surface area contributed by atoms with Crippen LogP contribution in [0.2, 0.25) is 0 Å². The van der Waals surface area contributed by atoms with Crippen molar-refractivity contribution in [3.05, 3.63) is 0 Å². The van der Waals surface area contributed by atoms with E-state index in [1.54, 1.807) is 4.90 Å². The summed E-state index contributed by atoms with van der Waals surface area (Å²) in [7, 11) is 0. The molecule has 19 heavy (non-hydrogen) atoms. The molecule has 1 rings (SSSR count). The lowest BCUT2D eigenvalue weighted by Gasteiger charge is -2.34. The molecule has 1 fully saturated rings. The minimum Gasteiger partial charge on any atom is -0.444 e. The van der Waals surface area contributed by atoms with E-state index in [0.29, 0.717) is 39.3 Å². The maximum atomic E-state index is 11.9. The molecule has 1 aliphatic heterocycles. The van der Waals surface area contributed by atoms with Gasteiger partial charge in [0.25, 0.3) is 0 Å². The van der Waals surface area contributed by atoms with E-state index < -0.39 is 5.60 Å². The van der Waals surface area contributed by atoms with Crippen molar-refractivity contribution in [3.8, 4) is 6.07 Å². The second kappa shape index (κ2) is 7.31. The van der Waals surface area contributed by atoms with E-state index in [-0.39, 0.29) is 12.2 Å². The van der Waals surface area contributed by atoms with E-state index in [0.717, 1.165) is 0 Å². The molecular weight excluding hydrogens is 248 g/mol. The van der Waals surface area contributed by atoms with Gasteiger partial charge in [-0.05, 0) is 20.8 Å². The van der Waals surface area contributed by atoms with E-state index in [2.05, 4.69) is 0 Å². The van der Waals surface area contributed by atoms with Crippen molar-refractivity contribution < 1.29 is 19.0 Å². The van der Waals surface area contributed by atoms with Crippen molar-refractivity contribution in [1.29, 1.82) is 5.26 Å². The molecule has 6 nitrogen and oxygen atoms in total. The zero-order valence-electron chi connectivity index (χ0n) is 11.8. The molecule has 0 radical (unpaired) electrons. The van der Waals surface area contributed by atoms with E-state index in [1.165, 1.54) is 0 Å². The Hall–Kier alpha value is -1.32. The van der Waals surface area contributed by atoms with Crippen LogP contribution in [0.1, 0.15) is 27.2 Å². The second-order valence-corrected chi connectivity index (χ2v) is 5.40. The van der Waals surface area contributed by atoms with Gasteiger partial charge in [-0.15, -0.1) is 0 Å². The van der Waals surface area contributed by atoms with E-state index in [1.807, 2.05) is 26.8 Å². The minimum absolute atomic E-state index is 0.153. The zero-order chi connectivity index (χ0) is 14.3. The Labute approximate surface area is 114 Å². The molecule has 0 saturated carbocycles. The van der Waals surface area contributed by atoms with Crippen LogP contribution in [0.25, 0.3) is 0 Å². The first-order chi connectivity index (χ1) is 8.92. The highest BCUT2D eigenvalue weighted by molar-refractivity contribution is 5.68. The maximum absolute atomic E-state index is 11.9. The van der Waals surface area contributed by atoms with Gasteiger partial charge in [-0.2, -0.15) is 5.26 Å². The largest absolute Gasteiger partial charge is 0.444 e. The van der Waals surface area contributed by atoms with Crippen LogP contribution in [0.4, 0.5) is 4.79 Å². The number of nitrogens with zero attached hydrogens (tertiary/aromatic N) is 2. The Bertz CT molecular complexity index is 333. The molecule has 1 aliphatic rings. The van der Waals surface area contributed by atoms with Crippen LogP contribution in [-0.4, -0.2) is 55.6 Å². The smallest absolute Gasteiger partial charge is 0.410 e. The lowest BCUT2D eigenvalue weighted by molar-refractivity contribution is -0.0718. The Balaban J connectivity index is 2.33. The highest BCUT2D eigenvalue weighted by Gasteiger charge is 2.28. The van der Waals surface area contributed by atoms with Gasteiger partial charge in [-0.25, -0.2) is 4.79 Å². The number of amides is 1. The molecule has 1 saturated heterocycles. The Kier molecular flexibility index (Phi) is 6.06. The first-order valence-electron chi connectivity index (χ1n) is 6.46. The van der Waals surface area contributed by atoms with Crippen molar-refractivity contribution in [2.45, 2.75) is 38.9 Å². The van der Waals surface area contributed by atoms with E-state index >= 15 is 0 Å². The highest BCUT2D eigenvalue weighted by atomic mass is 16.6. The fourth-order valence-corrected chi connectivity index (χ4v) is 1.65. The van der Waals surface area contributed by atoms with Gasteiger partial charge in [-0.1, -0.05) is 0 Å². The summed E-state index contributed by atoms with van der Waals surface area (Å²) in [5.74, 6) is 0. The molecule has 1 atom stereocenters. The summed E-state index contributed by atoms with van der Waals surface area (Å²) in [4.78, 5) is 13.5. The quantitative estimate of drug-likeness (QED) is 0.725. The van der Waals surface area contributed by atoms with Crippen molar-refractivity contribution in [1.82, 2.24) is 4.90 Å². The lowest BCUT2D eigenvalue weighted by Crippen LogP contribution is -2.48. The van der Waals surface area contributed by atoms with Gasteiger partial charge in [0.2, 0.25) is 0 Å². The first kappa shape index (κ1) is 15.7. The van der Waals surface area contributed by atoms with Crippen LogP contribution < -0.4 is 0 Å². The predicted molar refractivity (Wildman–Crippen MR) is 68.6 cm³/mol. The average molecular weight is 270 g/mol. The second-order valence-electron chi connectivity index (χ2n) is 5.40. The van der Waals surface area contributed by atoms with Gasteiger partial charge in [0.05, 0.1) is 45.0 Å². The molecule has 108 valence electrons. The molecule has 6 heteroatoms. The van der Waals surface area contributed by atoms with E-state index in [9.17, 15) is 4.79 Å². The fourth-order valence-electron chi connectivity index (χ4n) is 1.65. The monoisotopic (exact) mass is 270 g/mol. The molecule has 0 bridgehead atoms. The zero-order valence-corrected chi connectivity index (χ0v) is 11.8. The molecule has 1 heterocycles. The van der Waals surface area contributed by atoms with Crippen LogP contribution in [-0.2, 0) is 14.2 Å². The molecule has 0 aromatic rings. The predicted octanol–water partition coefficient (Wildman–Crippen LogP) is 1.55. The standard InChI is InChI=1S/C13H22N2O4/c1-13(2,3)19-12(16)15-6-8-18-11(9-15)10-17-7-4-5-14/h11H,4,6-10H2,1-3H3/t11-/m0/s1. The molecular formula is C13H22N2O4. The van der Waals surface area contributed by atoms with Gasteiger partial charge in [-0.3, -0.25) is 0 Å². The molecule has 0 aliphatic carbocycles. The molecule has 0 spiro atoms. The molecule has 0 unspecified atom stereocenters. The third-order valence-corrected chi connectivity index (χ3v) is 2.45. The Morgan fingerprint density at radius 1 is 1.53 bits per heavy atom. The lowest BCUT2D eigenvalue weighted by atomic mass is 10.2. The summed E-state index contributed by atoms with van der Waals surface area (Å²) in [6, 6.07) is 2.01. The van der Waals surface area contributed by atoms with Gasteiger partial charge < -0.3 is 19.1 Å². The van der Waals surface area contributed by atoms with Crippen LogP contribution in [0.5, 0.6) is 0 Å². The van der Waals surface area contributed by atoms with Gasteiger partial charge in [0, 0.05) is 6.54 Å². The van der Waals surface area contributed by atoms with Crippen molar-refractivity contribution in [2.24, 2.45) is 0 Å². The van der Waals surface area contributed by atoms with Crippen molar-refractivity contribution >= 4 is 6.09 Å². The summed E-state index contributed by atoms with van der Waals surface area (Å²) >= 11 is 0. The van der Waals surface area contributed by atoms with Gasteiger partial charge >= 0.3 is 6.09 Å². The molecule has 0 N–H and O–H groups in total. The summed E-state index contributed by atoms with van der Waals surface area (Å²) in [6.07, 6.45) is -0.111. The molecule has 0 aromatic carbocycles. The number of nitriles is 1. The number of morpholine rings is 1. The number of ether oxygens (including phenoxy) is 3. The summed E-state index contributed by atoms with van der Waals surface area (Å²) < 4.78 is 16.1. The van der Waals surface area contributed by atoms with Crippen LogP contribution in [0.15, 0.2) is 0 Å².